The molecule has 1 radical (unpaired) electrons. The highest BCUT2D eigenvalue weighted by atomic mass is 35.5. The van der Waals surface area contributed by atoms with E-state index in [1.165, 1.54) is 11.1 Å². The molecule has 2 nitrogen and oxygen atoms in total. The van der Waals surface area contributed by atoms with Gasteiger partial charge in [0, 0.05) is 22.6 Å². The van der Waals surface area contributed by atoms with E-state index in [1.54, 1.807) is 0 Å². The number of nitrogens with zero attached hydrogens (tertiary/aromatic N) is 1. The van der Waals surface area contributed by atoms with Gasteiger partial charge in [0.05, 0.1) is 11.9 Å². The third-order valence-corrected chi connectivity index (χ3v) is 2.59. The summed E-state index contributed by atoms with van der Waals surface area (Å²) >= 11 is 5.89. The third kappa shape index (κ3) is 0.923. The Hall–Kier alpha value is -1.28. The Kier molecular flexibility index (Phi) is 1.30. The summed E-state index contributed by atoms with van der Waals surface area (Å²) in [4.78, 5) is 0. The van der Waals surface area contributed by atoms with Crippen molar-refractivity contribution >= 4 is 11.6 Å². The Bertz CT molecular complexity index is 474. The smallest absolute Gasteiger partial charge is 0.0966 e. The highest BCUT2D eigenvalue weighted by Gasteiger charge is 2.20. The third-order valence-electron chi connectivity index (χ3n) is 2.35. The van der Waals surface area contributed by atoms with Crippen LogP contribution in [0.4, 0.5) is 0 Å². The zero-order valence-electron chi connectivity index (χ0n) is 6.76. The molecule has 0 bridgehead atoms. The van der Waals surface area contributed by atoms with Gasteiger partial charge in [-0.25, -0.2) is 0 Å². The van der Waals surface area contributed by atoms with Gasteiger partial charge in [0.1, 0.15) is 0 Å². The standard InChI is InChI=1S/C10H6ClN2/c11-8-1-2-9-6(4-8)3-7-5-12-13-10(7)9/h1-2,4H,3H2,(H,12,13). The quantitative estimate of drug-likeness (QED) is 0.578. The van der Waals surface area contributed by atoms with E-state index in [2.05, 4.69) is 16.4 Å². The van der Waals surface area contributed by atoms with Crippen molar-refractivity contribution in [3.8, 4) is 11.3 Å². The summed E-state index contributed by atoms with van der Waals surface area (Å²) in [6.07, 6.45) is 3.90. The minimum Gasteiger partial charge on any atom is -0.275 e. The van der Waals surface area contributed by atoms with Crippen LogP contribution in [0, 0.1) is 6.20 Å². The van der Waals surface area contributed by atoms with Crippen LogP contribution in [0.1, 0.15) is 11.1 Å². The Balaban J connectivity index is 2.29. The van der Waals surface area contributed by atoms with Crippen molar-refractivity contribution in [2.75, 3.05) is 0 Å². The maximum Gasteiger partial charge on any atom is 0.0966 e. The predicted molar refractivity (Wildman–Crippen MR) is 50.7 cm³/mol. The minimum atomic E-state index is 0.785. The molecular formula is C10H6ClN2. The molecule has 3 heteroatoms. The van der Waals surface area contributed by atoms with Gasteiger partial charge >= 0.3 is 0 Å². The number of fused-ring (bicyclic) bond motifs is 3. The van der Waals surface area contributed by atoms with Crippen LogP contribution < -0.4 is 0 Å². The number of aromatic amines is 1. The van der Waals surface area contributed by atoms with Crippen LogP contribution >= 0.6 is 11.6 Å². The van der Waals surface area contributed by atoms with Gasteiger partial charge in [-0.1, -0.05) is 17.7 Å². The molecule has 0 saturated carbocycles. The van der Waals surface area contributed by atoms with E-state index in [-0.39, 0.29) is 0 Å². The lowest BCUT2D eigenvalue weighted by molar-refractivity contribution is 1.08. The summed E-state index contributed by atoms with van der Waals surface area (Å²) in [5.41, 5.74) is 4.58. The molecule has 1 N–H and O–H groups in total. The van der Waals surface area contributed by atoms with E-state index < -0.39 is 0 Å². The highest BCUT2D eigenvalue weighted by molar-refractivity contribution is 6.30. The molecule has 0 fully saturated rings. The molecule has 0 aliphatic heterocycles. The minimum absolute atomic E-state index is 0.785. The predicted octanol–water partition coefficient (Wildman–Crippen LogP) is 2.43. The summed E-state index contributed by atoms with van der Waals surface area (Å²) in [5, 5.41) is 7.68. The van der Waals surface area contributed by atoms with Crippen molar-refractivity contribution in [2.24, 2.45) is 0 Å². The molecule has 0 atom stereocenters. The monoisotopic (exact) mass is 189 g/mol. The van der Waals surface area contributed by atoms with Gasteiger partial charge in [0.15, 0.2) is 0 Å². The van der Waals surface area contributed by atoms with Gasteiger partial charge in [-0.2, -0.15) is 5.10 Å². The number of benzene rings is 1. The number of H-pyrrole nitrogens is 1. The normalized spacial score (nSPS) is 12.7. The molecule has 0 amide bonds. The Morgan fingerprint density at radius 2 is 2.38 bits per heavy atom. The Morgan fingerprint density at radius 3 is 3.31 bits per heavy atom. The van der Waals surface area contributed by atoms with Crippen molar-refractivity contribution in [1.82, 2.24) is 10.2 Å². The van der Waals surface area contributed by atoms with Gasteiger partial charge < -0.3 is 0 Å². The first-order valence-electron chi connectivity index (χ1n) is 4.08. The molecule has 1 aromatic carbocycles. The van der Waals surface area contributed by atoms with Crippen molar-refractivity contribution in [1.29, 1.82) is 0 Å². The zero-order valence-corrected chi connectivity index (χ0v) is 7.52. The summed E-state index contributed by atoms with van der Waals surface area (Å²) in [5.74, 6) is 0. The lowest BCUT2D eigenvalue weighted by Gasteiger charge is -1.97. The average Bonchev–Trinajstić information content (AvgIpc) is 2.62. The lowest BCUT2D eigenvalue weighted by Crippen LogP contribution is -1.81. The van der Waals surface area contributed by atoms with Gasteiger partial charge in [-0.15, -0.1) is 0 Å². The fourth-order valence-corrected chi connectivity index (χ4v) is 1.95. The van der Waals surface area contributed by atoms with Crippen molar-refractivity contribution in [2.45, 2.75) is 6.42 Å². The molecule has 63 valence electrons. The number of halogens is 1. The molecule has 13 heavy (non-hydrogen) atoms. The average molecular weight is 190 g/mol. The van der Waals surface area contributed by atoms with Crippen molar-refractivity contribution < 1.29 is 0 Å². The first-order chi connectivity index (χ1) is 6.34. The van der Waals surface area contributed by atoms with Crippen LogP contribution in [0.5, 0.6) is 0 Å². The summed E-state index contributed by atoms with van der Waals surface area (Å²) < 4.78 is 0. The van der Waals surface area contributed by atoms with E-state index in [0.29, 0.717) is 0 Å². The SMILES string of the molecule is Clc1ccc2c(c1)Cc1[c][nH]nc1-2. The fraction of sp³-hybridized carbons (Fsp3) is 0.100. The zero-order chi connectivity index (χ0) is 8.84. The second kappa shape index (κ2) is 2.36. The van der Waals surface area contributed by atoms with Gasteiger partial charge in [0.25, 0.3) is 0 Å². The van der Waals surface area contributed by atoms with E-state index in [1.807, 2.05) is 18.2 Å². The summed E-state index contributed by atoms with van der Waals surface area (Å²) in [6, 6.07) is 5.90. The molecule has 0 unspecified atom stereocenters. The van der Waals surface area contributed by atoms with Crippen molar-refractivity contribution in [3.63, 3.8) is 0 Å². The van der Waals surface area contributed by atoms with Crippen LogP contribution in [0.15, 0.2) is 18.2 Å². The van der Waals surface area contributed by atoms with Crippen molar-refractivity contribution in [3.05, 3.63) is 40.5 Å². The van der Waals surface area contributed by atoms with Crippen LogP contribution in [0.25, 0.3) is 11.3 Å². The van der Waals surface area contributed by atoms with Gasteiger partial charge in [-0.3, -0.25) is 5.10 Å². The second-order valence-corrected chi connectivity index (χ2v) is 3.59. The maximum absolute atomic E-state index is 5.89. The molecule has 1 heterocycles. The number of aromatic nitrogens is 2. The molecule has 3 rings (SSSR count). The molecule has 0 spiro atoms. The molecule has 1 aliphatic rings. The van der Waals surface area contributed by atoms with Crippen LogP contribution in [-0.4, -0.2) is 10.2 Å². The number of hydrogen-bond acceptors (Lipinski definition) is 1. The van der Waals surface area contributed by atoms with E-state index in [9.17, 15) is 0 Å². The maximum atomic E-state index is 5.89. The largest absolute Gasteiger partial charge is 0.275 e. The second-order valence-electron chi connectivity index (χ2n) is 3.15. The summed E-state index contributed by atoms with van der Waals surface area (Å²) in [7, 11) is 0. The Morgan fingerprint density at radius 1 is 1.46 bits per heavy atom. The molecule has 0 saturated heterocycles. The van der Waals surface area contributed by atoms with E-state index >= 15 is 0 Å². The van der Waals surface area contributed by atoms with E-state index in [0.717, 1.165) is 22.7 Å². The highest BCUT2D eigenvalue weighted by Crippen LogP contribution is 2.35. The van der Waals surface area contributed by atoms with Crippen LogP contribution in [0.3, 0.4) is 0 Å². The number of nitrogens with one attached hydrogen (secondary N) is 1. The first-order valence-corrected chi connectivity index (χ1v) is 4.46. The number of rotatable bonds is 0. The number of hydrogen-bond donors (Lipinski definition) is 1. The molecular weight excluding hydrogens is 184 g/mol. The van der Waals surface area contributed by atoms with Gasteiger partial charge in [-0.05, 0) is 17.7 Å². The van der Waals surface area contributed by atoms with Crippen LogP contribution in [-0.2, 0) is 6.42 Å². The Labute approximate surface area is 80.5 Å². The van der Waals surface area contributed by atoms with Crippen LogP contribution in [0.2, 0.25) is 5.02 Å². The first kappa shape index (κ1) is 7.15. The molecule has 1 aliphatic carbocycles. The molecule has 1 aromatic heterocycles. The topological polar surface area (TPSA) is 28.7 Å². The lowest BCUT2D eigenvalue weighted by atomic mass is 10.1. The fourth-order valence-electron chi connectivity index (χ4n) is 1.76. The summed E-state index contributed by atoms with van der Waals surface area (Å²) in [6.45, 7) is 0. The van der Waals surface area contributed by atoms with E-state index in [4.69, 9.17) is 11.6 Å². The molecule has 2 aromatic rings. The van der Waals surface area contributed by atoms with Gasteiger partial charge in [0.2, 0.25) is 0 Å².